The van der Waals surface area contributed by atoms with Gasteiger partial charge in [-0.1, -0.05) is 29.8 Å². The van der Waals surface area contributed by atoms with Gasteiger partial charge in [0.05, 0.1) is 16.1 Å². The van der Waals surface area contributed by atoms with Crippen LogP contribution in [0.5, 0.6) is 0 Å². The van der Waals surface area contributed by atoms with Crippen LogP contribution in [-0.2, 0) is 5.54 Å². The number of aromatic nitrogens is 2. The van der Waals surface area contributed by atoms with E-state index in [1.165, 1.54) is 0 Å². The highest BCUT2D eigenvalue weighted by Crippen LogP contribution is 2.32. The topological polar surface area (TPSA) is 50.2 Å². The molecule has 1 N–H and O–H groups in total. The predicted octanol–water partition coefficient (Wildman–Crippen LogP) is 4.45. The van der Waals surface area contributed by atoms with Crippen LogP contribution in [0.3, 0.4) is 0 Å². The molecule has 1 fully saturated rings. The van der Waals surface area contributed by atoms with Gasteiger partial charge < -0.3 is 10.2 Å². The van der Waals surface area contributed by atoms with E-state index < -0.39 is 0 Å². The third-order valence-electron chi connectivity index (χ3n) is 5.16. The SMILES string of the molecule is CNCC1CCN(C(=O)c2cn(C(C)(C)C)nc2-c2ccccc2Cl)CC1.Cl. The molecule has 5 nitrogen and oxygen atoms in total. The minimum Gasteiger partial charge on any atom is -0.339 e. The normalized spacial score (nSPS) is 15.4. The molecule has 2 heterocycles. The molecule has 0 saturated carbocycles. The molecule has 0 radical (unpaired) electrons. The molecule has 0 bridgehead atoms. The number of amides is 1. The van der Waals surface area contributed by atoms with Crippen LogP contribution in [-0.4, -0.2) is 47.3 Å². The number of nitrogens with one attached hydrogen (secondary N) is 1. The lowest BCUT2D eigenvalue weighted by Gasteiger charge is -2.32. The number of piperidine rings is 1. The first-order valence-electron chi connectivity index (χ1n) is 9.60. The van der Waals surface area contributed by atoms with Crippen LogP contribution in [0.15, 0.2) is 30.5 Å². The lowest BCUT2D eigenvalue weighted by Crippen LogP contribution is -2.40. The van der Waals surface area contributed by atoms with E-state index in [0.29, 0.717) is 22.2 Å². The molecule has 0 spiro atoms. The molecule has 1 aliphatic rings. The Balaban J connectivity index is 0.00000280. The zero-order chi connectivity index (χ0) is 19.6. The van der Waals surface area contributed by atoms with E-state index in [1.54, 1.807) is 0 Å². The lowest BCUT2D eigenvalue weighted by molar-refractivity contribution is 0.0691. The molecular weight excluding hydrogens is 395 g/mol. The van der Waals surface area contributed by atoms with Gasteiger partial charge in [0.15, 0.2) is 0 Å². The van der Waals surface area contributed by atoms with Crippen LogP contribution in [0.4, 0.5) is 0 Å². The molecular formula is C21H30Cl2N4O. The van der Waals surface area contributed by atoms with Crippen LogP contribution >= 0.6 is 24.0 Å². The molecule has 0 unspecified atom stereocenters. The van der Waals surface area contributed by atoms with E-state index in [2.05, 4.69) is 26.1 Å². The highest BCUT2D eigenvalue weighted by molar-refractivity contribution is 6.33. The maximum absolute atomic E-state index is 13.3. The molecule has 28 heavy (non-hydrogen) atoms. The summed E-state index contributed by atoms with van der Waals surface area (Å²) in [5, 5.41) is 8.60. The van der Waals surface area contributed by atoms with Crippen LogP contribution in [0, 0.1) is 5.92 Å². The van der Waals surface area contributed by atoms with Gasteiger partial charge in [0, 0.05) is 24.8 Å². The number of nitrogens with zero attached hydrogens (tertiary/aromatic N) is 3. The maximum atomic E-state index is 13.3. The Labute approximate surface area is 178 Å². The van der Waals surface area contributed by atoms with Crippen LogP contribution in [0.2, 0.25) is 5.02 Å². The van der Waals surface area contributed by atoms with Gasteiger partial charge in [0.1, 0.15) is 5.69 Å². The van der Waals surface area contributed by atoms with Crippen molar-refractivity contribution < 1.29 is 4.79 Å². The van der Waals surface area contributed by atoms with Crippen molar-refractivity contribution in [2.75, 3.05) is 26.7 Å². The van der Waals surface area contributed by atoms with Gasteiger partial charge in [-0.15, -0.1) is 12.4 Å². The summed E-state index contributed by atoms with van der Waals surface area (Å²) in [6.07, 6.45) is 3.93. The van der Waals surface area contributed by atoms with E-state index >= 15 is 0 Å². The summed E-state index contributed by atoms with van der Waals surface area (Å²) in [5.41, 5.74) is 1.88. The van der Waals surface area contributed by atoms with Gasteiger partial charge in [-0.3, -0.25) is 9.48 Å². The standard InChI is InChI=1S/C21H29ClN4O.ClH/c1-21(2,3)26-14-17(19(24-26)16-7-5-6-8-18(16)22)20(27)25-11-9-15(10-12-25)13-23-4;/h5-8,14-15,23H,9-13H2,1-4H3;1H. The van der Waals surface area contributed by atoms with Gasteiger partial charge in [0.2, 0.25) is 0 Å². The van der Waals surface area contributed by atoms with Gasteiger partial charge in [-0.2, -0.15) is 5.10 Å². The van der Waals surface area contributed by atoms with Crippen LogP contribution < -0.4 is 5.32 Å². The summed E-state index contributed by atoms with van der Waals surface area (Å²) in [7, 11) is 1.98. The van der Waals surface area contributed by atoms with Gasteiger partial charge in [-0.25, -0.2) is 0 Å². The molecule has 2 aromatic rings. The summed E-state index contributed by atoms with van der Waals surface area (Å²) in [5.74, 6) is 0.683. The summed E-state index contributed by atoms with van der Waals surface area (Å²) >= 11 is 6.42. The van der Waals surface area contributed by atoms with Crippen molar-refractivity contribution in [3.05, 3.63) is 41.0 Å². The van der Waals surface area contributed by atoms with Gasteiger partial charge in [-0.05, 0) is 59.2 Å². The number of hydrogen-bond donors (Lipinski definition) is 1. The van der Waals surface area contributed by atoms with E-state index in [0.717, 1.165) is 38.0 Å². The summed E-state index contributed by atoms with van der Waals surface area (Å²) < 4.78 is 1.87. The molecule has 1 aromatic heterocycles. The summed E-state index contributed by atoms with van der Waals surface area (Å²) in [4.78, 5) is 15.3. The average molecular weight is 425 g/mol. The lowest BCUT2D eigenvalue weighted by atomic mass is 9.96. The van der Waals surface area contributed by atoms with Crippen molar-refractivity contribution in [1.29, 1.82) is 0 Å². The highest BCUT2D eigenvalue weighted by atomic mass is 35.5. The third-order valence-corrected chi connectivity index (χ3v) is 5.49. The number of benzene rings is 1. The Hall–Kier alpha value is -1.56. The first-order chi connectivity index (χ1) is 12.8. The molecule has 1 aromatic carbocycles. The van der Waals surface area contributed by atoms with E-state index in [9.17, 15) is 4.79 Å². The van der Waals surface area contributed by atoms with Gasteiger partial charge >= 0.3 is 0 Å². The zero-order valence-corrected chi connectivity index (χ0v) is 18.6. The minimum absolute atomic E-state index is 0. The number of likely N-dealkylation sites (tertiary alicyclic amines) is 1. The molecule has 1 saturated heterocycles. The Bertz CT molecular complexity index is 805. The number of halogens is 2. The van der Waals surface area contributed by atoms with Crippen LogP contribution in [0.25, 0.3) is 11.3 Å². The van der Waals surface area contributed by atoms with E-state index in [1.807, 2.05) is 47.1 Å². The Morgan fingerprint density at radius 3 is 2.46 bits per heavy atom. The minimum atomic E-state index is -0.214. The Morgan fingerprint density at radius 1 is 1.25 bits per heavy atom. The van der Waals surface area contributed by atoms with Crippen LogP contribution in [0.1, 0.15) is 44.0 Å². The molecule has 0 atom stereocenters. The summed E-state index contributed by atoms with van der Waals surface area (Å²) in [6.45, 7) is 8.81. The Morgan fingerprint density at radius 2 is 1.89 bits per heavy atom. The molecule has 3 rings (SSSR count). The maximum Gasteiger partial charge on any atom is 0.257 e. The van der Waals surface area contributed by atoms with Crippen molar-refractivity contribution in [1.82, 2.24) is 20.0 Å². The molecule has 0 aliphatic carbocycles. The molecule has 1 aliphatic heterocycles. The van der Waals surface area contributed by atoms with Crippen molar-refractivity contribution >= 4 is 29.9 Å². The average Bonchev–Trinajstić information content (AvgIpc) is 3.08. The first kappa shape index (κ1) is 22.7. The quantitative estimate of drug-likeness (QED) is 0.788. The molecule has 7 heteroatoms. The first-order valence-corrected chi connectivity index (χ1v) is 9.98. The van der Waals surface area contributed by atoms with Gasteiger partial charge in [0.25, 0.3) is 5.91 Å². The third kappa shape index (κ3) is 4.88. The fourth-order valence-electron chi connectivity index (χ4n) is 3.53. The number of rotatable bonds is 4. The Kier molecular flexibility index (Phi) is 7.54. The molecule has 154 valence electrons. The highest BCUT2D eigenvalue weighted by Gasteiger charge is 2.29. The van der Waals surface area contributed by atoms with E-state index in [-0.39, 0.29) is 23.9 Å². The zero-order valence-electron chi connectivity index (χ0n) is 17.0. The number of carbonyl (C=O) groups is 1. The fourth-order valence-corrected chi connectivity index (χ4v) is 3.75. The largest absolute Gasteiger partial charge is 0.339 e. The molecule has 1 amide bonds. The van der Waals surface area contributed by atoms with Crippen molar-refractivity contribution in [2.45, 2.75) is 39.2 Å². The van der Waals surface area contributed by atoms with E-state index in [4.69, 9.17) is 16.7 Å². The second kappa shape index (κ2) is 9.29. The number of hydrogen-bond acceptors (Lipinski definition) is 3. The van der Waals surface area contributed by atoms with Crippen molar-refractivity contribution in [3.8, 4) is 11.3 Å². The second-order valence-electron chi connectivity index (χ2n) is 8.28. The monoisotopic (exact) mass is 424 g/mol. The van der Waals surface area contributed by atoms with Crippen molar-refractivity contribution in [2.24, 2.45) is 5.92 Å². The fraction of sp³-hybridized carbons (Fsp3) is 0.524. The number of carbonyl (C=O) groups excluding carboxylic acids is 1. The second-order valence-corrected chi connectivity index (χ2v) is 8.69. The van der Waals surface area contributed by atoms with Crippen molar-refractivity contribution in [3.63, 3.8) is 0 Å². The predicted molar refractivity (Wildman–Crippen MR) is 117 cm³/mol. The smallest absolute Gasteiger partial charge is 0.257 e. The summed E-state index contributed by atoms with van der Waals surface area (Å²) in [6, 6.07) is 7.58.